The van der Waals surface area contributed by atoms with Gasteiger partial charge in [-0.05, 0) is 31.0 Å². The van der Waals surface area contributed by atoms with Crippen molar-refractivity contribution < 1.29 is 18.0 Å². The van der Waals surface area contributed by atoms with Gasteiger partial charge in [-0.3, -0.25) is 4.79 Å². The van der Waals surface area contributed by atoms with Crippen LogP contribution < -0.4 is 11.1 Å². The standard InChI is InChI=1S/C19H20F3N5OS/c1-11-14(16-10-24-26-27(16)2)8-17(29-11)18(28)25-13(9-23)7-12-5-3-4-6-15(12)19(20,21)22/h3-6,8,10,13H,7,9,23H2,1-2H3,(H,25,28)/t13-/m0/s1. The molecular formula is C19H20F3N5OS. The number of hydrogen-bond acceptors (Lipinski definition) is 5. The number of nitrogens with one attached hydrogen (secondary N) is 1. The number of amides is 1. The summed E-state index contributed by atoms with van der Waals surface area (Å²) in [6.45, 7) is 1.89. The van der Waals surface area contributed by atoms with Gasteiger partial charge in [0.15, 0.2) is 0 Å². The Balaban J connectivity index is 1.77. The van der Waals surface area contributed by atoms with E-state index in [0.717, 1.165) is 22.2 Å². The highest BCUT2D eigenvalue weighted by atomic mass is 32.1. The summed E-state index contributed by atoms with van der Waals surface area (Å²) in [5.74, 6) is -0.376. The smallest absolute Gasteiger partial charge is 0.347 e. The van der Waals surface area contributed by atoms with Crippen molar-refractivity contribution in [3.63, 3.8) is 0 Å². The van der Waals surface area contributed by atoms with Crippen LogP contribution in [-0.2, 0) is 19.6 Å². The Kier molecular flexibility index (Phi) is 6.04. The van der Waals surface area contributed by atoms with Crippen LogP contribution in [0.4, 0.5) is 13.2 Å². The number of benzene rings is 1. The van der Waals surface area contributed by atoms with Gasteiger partial charge in [0.2, 0.25) is 0 Å². The molecule has 0 spiro atoms. The summed E-state index contributed by atoms with van der Waals surface area (Å²) in [6, 6.07) is 6.41. The first-order chi connectivity index (χ1) is 13.7. The number of carbonyl (C=O) groups is 1. The van der Waals surface area contributed by atoms with Gasteiger partial charge in [-0.15, -0.1) is 16.4 Å². The van der Waals surface area contributed by atoms with E-state index < -0.39 is 17.8 Å². The van der Waals surface area contributed by atoms with Gasteiger partial charge in [0.25, 0.3) is 5.91 Å². The third-order valence-electron chi connectivity index (χ3n) is 4.54. The zero-order valence-electron chi connectivity index (χ0n) is 15.8. The Morgan fingerprint density at radius 1 is 1.34 bits per heavy atom. The molecule has 0 fully saturated rings. The van der Waals surface area contributed by atoms with Gasteiger partial charge in [-0.1, -0.05) is 23.4 Å². The van der Waals surface area contributed by atoms with E-state index in [-0.39, 0.29) is 24.4 Å². The molecule has 0 aliphatic heterocycles. The monoisotopic (exact) mass is 423 g/mol. The number of halogens is 3. The molecule has 2 aromatic heterocycles. The highest BCUT2D eigenvalue weighted by molar-refractivity contribution is 7.14. The highest BCUT2D eigenvalue weighted by Gasteiger charge is 2.33. The van der Waals surface area contributed by atoms with Crippen LogP contribution >= 0.6 is 11.3 Å². The van der Waals surface area contributed by atoms with E-state index in [1.54, 1.807) is 24.0 Å². The van der Waals surface area contributed by atoms with Crippen LogP contribution in [0.1, 0.15) is 25.7 Å². The number of nitrogens with zero attached hydrogens (tertiary/aromatic N) is 3. The highest BCUT2D eigenvalue weighted by Crippen LogP contribution is 2.33. The number of thiophene rings is 1. The fourth-order valence-corrected chi connectivity index (χ4v) is 4.00. The van der Waals surface area contributed by atoms with E-state index in [1.807, 2.05) is 6.92 Å². The lowest BCUT2D eigenvalue weighted by Gasteiger charge is -2.19. The van der Waals surface area contributed by atoms with Crippen LogP contribution in [0.25, 0.3) is 11.3 Å². The number of aromatic nitrogens is 3. The molecule has 0 aliphatic rings. The van der Waals surface area contributed by atoms with Crippen molar-refractivity contribution >= 4 is 17.2 Å². The summed E-state index contributed by atoms with van der Waals surface area (Å²) in [4.78, 5) is 14.0. The van der Waals surface area contributed by atoms with Crippen molar-refractivity contribution in [2.75, 3.05) is 6.54 Å². The van der Waals surface area contributed by atoms with Gasteiger partial charge in [0.1, 0.15) is 0 Å². The summed E-state index contributed by atoms with van der Waals surface area (Å²) in [6.07, 6.45) is -2.87. The van der Waals surface area contributed by atoms with Crippen LogP contribution in [-0.4, -0.2) is 33.5 Å². The number of carbonyl (C=O) groups excluding carboxylic acids is 1. The first-order valence-electron chi connectivity index (χ1n) is 8.82. The molecule has 0 radical (unpaired) electrons. The predicted molar refractivity (Wildman–Crippen MR) is 105 cm³/mol. The Morgan fingerprint density at radius 3 is 2.69 bits per heavy atom. The fraction of sp³-hybridized carbons (Fsp3) is 0.316. The molecule has 2 heterocycles. The second-order valence-corrected chi connectivity index (χ2v) is 7.84. The maximum absolute atomic E-state index is 13.2. The molecule has 29 heavy (non-hydrogen) atoms. The van der Waals surface area contributed by atoms with Gasteiger partial charge in [0, 0.05) is 30.1 Å². The van der Waals surface area contributed by atoms with Gasteiger partial charge >= 0.3 is 6.18 Å². The van der Waals surface area contributed by atoms with Crippen LogP contribution in [0.2, 0.25) is 0 Å². The Bertz CT molecular complexity index is 1010. The molecule has 0 unspecified atom stereocenters. The molecule has 0 bridgehead atoms. The molecule has 1 atom stereocenters. The number of aryl methyl sites for hydroxylation is 2. The normalized spacial score (nSPS) is 12.8. The average molecular weight is 423 g/mol. The zero-order chi connectivity index (χ0) is 21.2. The average Bonchev–Trinajstić information content (AvgIpc) is 3.25. The molecule has 154 valence electrons. The lowest BCUT2D eigenvalue weighted by Crippen LogP contribution is -2.41. The maximum atomic E-state index is 13.2. The number of nitrogens with two attached hydrogens (primary N) is 1. The van der Waals surface area contributed by atoms with Gasteiger partial charge < -0.3 is 11.1 Å². The topological polar surface area (TPSA) is 85.8 Å². The molecular weight excluding hydrogens is 403 g/mol. The van der Waals surface area contributed by atoms with E-state index in [1.165, 1.54) is 29.5 Å². The van der Waals surface area contributed by atoms with Crippen LogP contribution in [0.5, 0.6) is 0 Å². The van der Waals surface area contributed by atoms with Gasteiger partial charge in [0.05, 0.1) is 22.3 Å². The summed E-state index contributed by atoms with van der Waals surface area (Å²) in [5, 5.41) is 10.5. The van der Waals surface area contributed by atoms with Crippen LogP contribution in [0, 0.1) is 6.92 Å². The summed E-state index contributed by atoms with van der Waals surface area (Å²) >= 11 is 1.29. The van der Waals surface area contributed by atoms with Crippen molar-refractivity contribution in [3.05, 3.63) is 57.4 Å². The summed E-state index contributed by atoms with van der Waals surface area (Å²) < 4.78 is 41.3. The largest absolute Gasteiger partial charge is 0.416 e. The molecule has 1 aromatic carbocycles. The molecule has 3 aromatic rings. The van der Waals surface area contributed by atoms with E-state index in [0.29, 0.717) is 4.88 Å². The van der Waals surface area contributed by atoms with E-state index in [4.69, 9.17) is 5.73 Å². The molecule has 6 nitrogen and oxygen atoms in total. The fourth-order valence-electron chi connectivity index (χ4n) is 3.07. The second-order valence-electron chi connectivity index (χ2n) is 6.59. The molecule has 3 N–H and O–H groups in total. The van der Waals surface area contributed by atoms with Crippen molar-refractivity contribution in [2.24, 2.45) is 12.8 Å². The number of hydrogen-bond donors (Lipinski definition) is 2. The lowest BCUT2D eigenvalue weighted by molar-refractivity contribution is -0.138. The molecule has 0 saturated heterocycles. The lowest BCUT2D eigenvalue weighted by atomic mass is 9.99. The van der Waals surface area contributed by atoms with Gasteiger partial charge in [-0.2, -0.15) is 13.2 Å². The molecule has 0 saturated carbocycles. The van der Waals surface area contributed by atoms with E-state index in [2.05, 4.69) is 15.6 Å². The SMILES string of the molecule is Cc1sc(C(=O)N[C@H](CN)Cc2ccccc2C(F)(F)F)cc1-c1cnnn1C. The van der Waals surface area contributed by atoms with E-state index >= 15 is 0 Å². The van der Waals surface area contributed by atoms with Crippen LogP contribution in [0.3, 0.4) is 0 Å². The Morgan fingerprint density at radius 2 is 2.07 bits per heavy atom. The van der Waals surface area contributed by atoms with Crippen molar-refractivity contribution in [1.29, 1.82) is 0 Å². The van der Waals surface area contributed by atoms with Crippen molar-refractivity contribution in [2.45, 2.75) is 25.6 Å². The third-order valence-corrected chi connectivity index (χ3v) is 5.59. The summed E-state index contributed by atoms with van der Waals surface area (Å²) in [7, 11) is 1.75. The minimum atomic E-state index is -4.46. The summed E-state index contributed by atoms with van der Waals surface area (Å²) in [5.41, 5.74) is 6.71. The van der Waals surface area contributed by atoms with Crippen LogP contribution in [0.15, 0.2) is 36.5 Å². The minimum Gasteiger partial charge on any atom is -0.347 e. The molecule has 10 heteroatoms. The molecule has 3 rings (SSSR count). The first kappa shape index (κ1) is 21.0. The predicted octanol–water partition coefficient (Wildman–Crippen LogP) is 3.17. The number of alkyl halides is 3. The second kappa shape index (κ2) is 8.34. The van der Waals surface area contributed by atoms with Gasteiger partial charge in [-0.25, -0.2) is 4.68 Å². The third kappa shape index (κ3) is 4.65. The Hall–Kier alpha value is -2.72. The zero-order valence-corrected chi connectivity index (χ0v) is 16.6. The van der Waals surface area contributed by atoms with E-state index in [9.17, 15) is 18.0 Å². The molecule has 1 amide bonds. The molecule has 0 aliphatic carbocycles. The first-order valence-corrected chi connectivity index (χ1v) is 9.64. The minimum absolute atomic E-state index is 0.0131. The van der Waals surface area contributed by atoms with Crippen molar-refractivity contribution in [3.8, 4) is 11.3 Å². The Labute approximate surface area is 169 Å². The quantitative estimate of drug-likeness (QED) is 0.638. The number of rotatable bonds is 6. The van der Waals surface area contributed by atoms with Crippen molar-refractivity contribution in [1.82, 2.24) is 20.3 Å². The maximum Gasteiger partial charge on any atom is 0.416 e.